The van der Waals surface area contributed by atoms with Crippen LogP contribution in [-0.4, -0.2) is 28.9 Å². The molecule has 33 heavy (non-hydrogen) atoms. The second kappa shape index (κ2) is 11.2. The zero-order valence-corrected chi connectivity index (χ0v) is 18.8. The van der Waals surface area contributed by atoms with Crippen molar-refractivity contribution < 1.29 is 19.5 Å². The minimum absolute atomic E-state index is 0.0762. The summed E-state index contributed by atoms with van der Waals surface area (Å²) in [7, 11) is 0. The molecule has 0 bridgehead atoms. The largest absolute Gasteiger partial charge is 0.480 e. The number of carbonyl (C=O) groups is 3. The van der Waals surface area contributed by atoms with Crippen LogP contribution in [0.4, 0.5) is 0 Å². The molecule has 3 aromatic carbocycles. The minimum Gasteiger partial charge on any atom is -0.480 e. The maximum absolute atomic E-state index is 12.4. The van der Waals surface area contributed by atoms with E-state index in [0.29, 0.717) is 12.1 Å². The number of rotatable bonds is 9. The van der Waals surface area contributed by atoms with Crippen molar-refractivity contribution in [2.24, 2.45) is 0 Å². The van der Waals surface area contributed by atoms with Crippen LogP contribution in [0.2, 0.25) is 0 Å². The summed E-state index contributed by atoms with van der Waals surface area (Å²) >= 11 is 0. The molecule has 0 aliphatic carbocycles. The van der Waals surface area contributed by atoms with E-state index in [1.165, 1.54) is 0 Å². The smallest absolute Gasteiger partial charge is 0.320 e. The van der Waals surface area contributed by atoms with E-state index in [1.807, 2.05) is 56.3 Å². The average molecular weight is 445 g/mol. The van der Waals surface area contributed by atoms with Crippen LogP contribution in [0.3, 0.4) is 0 Å². The molecular weight excluding hydrogens is 416 g/mol. The van der Waals surface area contributed by atoms with Crippen molar-refractivity contribution in [3.63, 3.8) is 0 Å². The highest BCUT2D eigenvalue weighted by molar-refractivity contribution is 6.04. The molecule has 0 spiro atoms. The lowest BCUT2D eigenvalue weighted by molar-refractivity contribution is -0.139. The molecule has 0 heterocycles. The van der Waals surface area contributed by atoms with Crippen LogP contribution < -0.4 is 10.6 Å². The number of carboxylic acids is 1. The number of benzene rings is 3. The Hall–Kier alpha value is -3.77. The van der Waals surface area contributed by atoms with Gasteiger partial charge in [0.15, 0.2) is 0 Å². The zero-order valence-electron chi connectivity index (χ0n) is 18.8. The molecule has 170 valence electrons. The highest BCUT2D eigenvalue weighted by Crippen LogP contribution is 2.24. The molecule has 2 amide bonds. The van der Waals surface area contributed by atoms with Gasteiger partial charge in [-0.2, -0.15) is 0 Å². The number of carbonyl (C=O) groups excluding carboxylic acids is 2. The third-order valence-corrected chi connectivity index (χ3v) is 5.46. The molecule has 3 rings (SSSR count). The Kier molecular flexibility index (Phi) is 8.11. The van der Waals surface area contributed by atoms with E-state index in [2.05, 4.69) is 28.8 Å². The molecule has 0 unspecified atom stereocenters. The van der Waals surface area contributed by atoms with Crippen LogP contribution in [0.1, 0.15) is 39.9 Å². The van der Waals surface area contributed by atoms with E-state index in [9.17, 15) is 19.5 Å². The van der Waals surface area contributed by atoms with Gasteiger partial charge >= 0.3 is 5.97 Å². The third kappa shape index (κ3) is 6.85. The van der Waals surface area contributed by atoms with Crippen LogP contribution in [0.15, 0.2) is 72.8 Å². The number of aliphatic carboxylic acids is 1. The topological polar surface area (TPSA) is 95.5 Å². The second-order valence-electron chi connectivity index (χ2n) is 8.07. The predicted molar refractivity (Wildman–Crippen MR) is 128 cm³/mol. The highest BCUT2D eigenvalue weighted by atomic mass is 16.4. The molecule has 0 aromatic heterocycles. The van der Waals surface area contributed by atoms with Crippen molar-refractivity contribution in [3.05, 3.63) is 95.1 Å². The Labute approximate surface area is 193 Å². The van der Waals surface area contributed by atoms with E-state index in [1.54, 1.807) is 12.1 Å². The number of nitrogens with one attached hydrogen (secondary N) is 2. The zero-order chi connectivity index (χ0) is 23.8. The average Bonchev–Trinajstić information content (AvgIpc) is 2.81. The molecule has 0 saturated heterocycles. The van der Waals surface area contributed by atoms with Crippen LogP contribution in [-0.2, 0) is 16.1 Å². The number of imide groups is 1. The summed E-state index contributed by atoms with van der Waals surface area (Å²) in [6.45, 7) is 4.45. The Morgan fingerprint density at radius 2 is 1.61 bits per heavy atom. The van der Waals surface area contributed by atoms with E-state index in [0.717, 1.165) is 27.8 Å². The molecule has 6 heteroatoms. The number of hydrogen-bond acceptors (Lipinski definition) is 4. The van der Waals surface area contributed by atoms with Crippen molar-refractivity contribution in [1.82, 2.24) is 10.6 Å². The SMILES string of the molecule is Cc1ccc(C)c(-c2ccc(C(=O)NC(=O)CC[C@H](NCc3ccccc3)C(=O)O)cc2)c1. The Balaban J connectivity index is 1.53. The summed E-state index contributed by atoms with van der Waals surface area (Å²) in [5, 5.41) is 14.7. The quantitative estimate of drug-likeness (QED) is 0.459. The fraction of sp³-hybridized carbons (Fsp3) is 0.222. The molecule has 6 nitrogen and oxygen atoms in total. The van der Waals surface area contributed by atoms with E-state index in [4.69, 9.17) is 0 Å². The van der Waals surface area contributed by atoms with Gasteiger partial charge in [0.2, 0.25) is 5.91 Å². The predicted octanol–water partition coefficient (Wildman–Crippen LogP) is 4.25. The number of hydrogen-bond donors (Lipinski definition) is 3. The lowest BCUT2D eigenvalue weighted by Gasteiger charge is -2.14. The number of aryl methyl sites for hydroxylation is 2. The van der Waals surface area contributed by atoms with Crippen LogP contribution in [0, 0.1) is 13.8 Å². The molecule has 0 fully saturated rings. The Morgan fingerprint density at radius 3 is 2.27 bits per heavy atom. The van der Waals surface area contributed by atoms with Gasteiger partial charge in [-0.3, -0.25) is 19.7 Å². The molecular formula is C27H28N2O4. The van der Waals surface area contributed by atoms with Gasteiger partial charge in [-0.15, -0.1) is 0 Å². The van der Waals surface area contributed by atoms with Gasteiger partial charge in [-0.25, -0.2) is 0 Å². The first-order valence-electron chi connectivity index (χ1n) is 10.9. The summed E-state index contributed by atoms with van der Waals surface area (Å²) in [5.41, 5.74) is 5.71. The molecule has 0 radical (unpaired) electrons. The van der Waals surface area contributed by atoms with Gasteiger partial charge in [-0.1, -0.05) is 66.2 Å². The summed E-state index contributed by atoms with van der Waals surface area (Å²) in [6, 6.07) is 21.8. The normalized spacial score (nSPS) is 11.6. The van der Waals surface area contributed by atoms with Crippen molar-refractivity contribution in [1.29, 1.82) is 0 Å². The second-order valence-corrected chi connectivity index (χ2v) is 8.07. The van der Waals surface area contributed by atoms with Crippen molar-refractivity contribution in [2.75, 3.05) is 0 Å². The fourth-order valence-electron chi connectivity index (χ4n) is 3.53. The summed E-state index contributed by atoms with van der Waals surface area (Å²) in [4.78, 5) is 36.2. The first-order valence-corrected chi connectivity index (χ1v) is 10.9. The van der Waals surface area contributed by atoms with Gasteiger partial charge in [0.05, 0.1) is 0 Å². The minimum atomic E-state index is -1.04. The van der Waals surface area contributed by atoms with Gasteiger partial charge in [0.1, 0.15) is 6.04 Å². The molecule has 1 atom stereocenters. The van der Waals surface area contributed by atoms with Gasteiger partial charge in [0.25, 0.3) is 5.91 Å². The lowest BCUT2D eigenvalue weighted by atomic mass is 9.97. The summed E-state index contributed by atoms with van der Waals surface area (Å²) in [6.07, 6.45) is -0.00206. The monoisotopic (exact) mass is 444 g/mol. The molecule has 3 N–H and O–H groups in total. The number of amides is 2. The van der Waals surface area contributed by atoms with Gasteiger partial charge in [0, 0.05) is 18.5 Å². The fourth-order valence-corrected chi connectivity index (χ4v) is 3.53. The molecule has 0 aliphatic heterocycles. The first-order chi connectivity index (χ1) is 15.8. The summed E-state index contributed by atoms with van der Waals surface area (Å²) < 4.78 is 0. The van der Waals surface area contributed by atoms with Gasteiger partial charge < -0.3 is 10.4 Å². The van der Waals surface area contributed by atoms with E-state index < -0.39 is 23.8 Å². The van der Waals surface area contributed by atoms with Gasteiger partial charge in [-0.05, 0) is 54.7 Å². The number of carboxylic acid groups (broad SMARTS) is 1. The van der Waals surface area contributed by atoms with E-state index >= 15 is 0 Å². The van der Waals surface area contributed by atoms with Crippen LogP contribution in [0.25, 0.3) is 11.1 Å². The van der Waals surface area contributed by atoms with E-state index in [-0.39, 0.29) is 12.8 Å². The summed E-state index contributed by atoms with van der Waals surface area (Å²) in [5.74, 6) is -2.05. The maximum atomic E-state index is 12.4. The van der Waals surface area contributed by atoms with Crippen molar-refractivity contribution in [2.45, 2.75) is 39.3 Å². The van der Waals surface area contributed by atoms with Crippen LogP contribution in [0.5, 0.6) is 0 Å². The Morgan fingerprint density at radius 1 is 0.909 bits per heavy atom. The molecule has 0 saturated carbocycles. The van der Waals surface area contributed by atoms with Crippen molar-refractivity contribution in [3.8, 4) is 11.1 Å². The first kappa shape index (κ1) is 23.9. The highest BCUT2D eigenvalue weighted by Gasteiger charge is 2.19. The van der Waals surface area contributed by atoms with Crippen molar-refractivity contribution >= 4 is 17.8 Å². The molecule has 3 aromatic rings. The third-order valence-electron chi connectivity index (χ3n) is 5.46. The Bertz CT molecular complexity index is 1120. The maximum Gasteiger partial charge on any atom is 0.320 e. The standard InChI is InChI=1S/C27H28N2O4/c1-18-8-9-19(2)23(16-18)21-10-12-22(13-11-21)26(31)29-25(30)15-14-24(27(32)33)28-17-20-6-4-3-5-7-20/h3-13,16,24,28H,14-15,17H2,1-2H3,(H,32,33)(H,29,30,31)/t24-/m0/s1. The van der Waals surface area contributed by atoms with Crippen LogP contribution >= 0.6 is 0 Å². The lowest BCUT2D eigenvalue weighted by Crippen LogP contribution is -2.38. The molecule has 0 aliphatic rings.